The number of nitrogens with one attached hydrogen (secondary N) is 1. The minimum absolute atomic E-state index is 0.118. The van der Waals surface area contributed by atoms with Crippen LogP contribution < -0.4 is 5.32 Å². The Morgan fingerprint density at radius 2 is 1.79 bits per heavy atom. The van der Waals surface area contributed by atoms with Gasteiger partial charge >= 0.3 is 0 Å². The highest BCUT2D eigenvalue weighted by atomic mass is 35.5. The minimum atomic E-state index is -0.118. The maximum atomic E-state index is 11.8. The number of benzene rings is 1. The molecule has 2 aromatic rings. The van der Waals surface area contributed by atoms with Crippen LogP contribution in [0, 0.1) is 0 Å². The number of carbonyl (C=O) groups is 1. The van der Waals surface area contributed by atoms with Crippen LogP contribution in [-0.4, -0.2) is 16.6 Å². The molecule has 3 nitrogen and oxygen atoms in total. The van der Waals surface area contributed by atoms with Crippen LogP contribution in [0.5, 0.6) is 0 Å². The largest absolute Gasteiger partial charge is 0.325 e. The molecule has 2 rings (SSSR count). The van der Waals surface area contributed by atoms with Crippen molar-refractivity contribution in [2.45, 2.75) is 4.90 Å². The molecule has 1 amide bonds. The number of hydrogen-bond acceptors (Lipinski definition) is 3. The fraction of sp³-hybridized carbons (Fsp3) is 0.0769. The van der Waals surface area contributed by atoms with E-state index < -0.39 is 0 Å². The highest BCUT2D eigenvalue weighted by molar-refractivity contribution is 8.00. The van der Waals surface area contributed by atoms with Gasteiger partial charge < -0.3 is 5.32 Å². The van der Waals surface area contributed by atoms with Gasteiger partial charge in [0.15, 0.2) is 0 Å². The molecule has 0 fully saturated rings. The molecule has 1 aromatic heterocycles. The van der Waals surface area contributed by atoms with Gasteiger partial charge in [0.2, 0.25) is 5.91 Å². The van der Waals surface area contributed by atoms with Gasteiger partial charge in [-0.15, -0.1) is 11.8 Å². The van der Waals surface area contributed by atoms with E-state index >= 15 is 0 Å². The minimum Gasteiger partial charge on any atom is -0.325 e. The monoisotopic (exact) mass is 312 g/mol. The summed E-state index contributed by atoms with van der Waals surface area (Å²) in [6.07, 6.45) is 3.24. The number of anilines is 1. The van der Waals surface area contributed by atoms with Crippen molar-refractivity contribution in [3.05, 3.63) is 52.8 Å². The van der Waals surface area contributed by atoms with Gasteiger partial charge in [0.25, 0.3) is 0 Å². The van der Waals surface area contributed by atoms with Crippen molar-refractivity contribution in [2.24, 2.45) is 0 Å². The van der Waals surface area contributed by atoms with E-state index in [9.17, 15) is 4.79 Å². The van der Waals surface area contributed by atoms with Gasteiger partial charge in [-0.05, 0) is 24.3 Å². The standard InChI is InChI=1S/C13H10Cl2N2OS/c14-10-2-1-3-11(15)13(10)19-8-12(18)17-9-4-6-16-7-5-9/h1-7H,8H2,(H,16,17,18). The first-order valence-electron chi connectivity index (χ1n) is 5.43. The second kappa shape index (κ2) is 6.80. The van der Waals surface area contributed by atoms with Crippen molar-refractivity contribution in [1.82, 2.24) is 4.98 Å². The fourth-order valence-corrected chi connectivity index (χ4v) is 2.87. The quantitative estimate of drug-likeness (QED) is 0.863. The molecule has 0 aliphatic rings. The van der Waals surface area contributed by atoms with Gasteiger partial charge in [0, 0.05) is 23.0 Å². The molecule has 0 saturated carbocycles. The Balaban J connectivity index is 1.94. The Bertz CT molecular complexity index is 558. The number of pyridine rings is 1. The van der Waals surface area contributed by atoms with Crippen LogP contribution in [0.1, 0.15) is 0 Å². The Hall–Kier alpha value is -1.23. The lowest BCUT2D eigenvalue weighted by Gasteiger charge is -2.07. The molecular weight excluding hydrogens is 303 g/mol. The van der Waals surface area contributed by atoms with E-state index in [-0.39, 0.29) is 11.7 Å². The molecule has 1 N–H and O–H groups in total. The first-order valence-corrected chi connectivity index (χ1v) is 7.17. The molecule has 0 spiro atoms. The zero-order valence-corrected chi connectivity index (χ0v) is 12.1. The van der Waals surface area contributed by atoms with Crippen LogP contribution in [0.15, 0.2) is 47.6 Å². The third-order valence-corrected chi connectivity index (χ3v) is 4.22. The molecule has 98 valence electrons. The zero-order chi connectivity index (χ0) is 13.7. The summed E-state index contributed by atoms with van der Waals surface area (Å²) < 4.78 is 0. The van der Waals surface area contributed by atoms with Crippen molar-refractivity contribution in [2.75, 3.05) is 11.1 Å². The Kier molecular flexibility index (Phi) is 5.07. The molecule has 0 atom stereocenters. The second-order valence-corrected chi connectivity index (χ2v) is 5.42. The van der Waals surface area contributed by atoms with Crippen molar-refractivity contribution < 1.29 is 4.79 Å². The van der Waals surface area contributed by atoms with Crippen LogP contribution in [0.4, 0.5) is 5.69 Å². The van der Waals surface area contributed by atoms with Crippen molar-refractivity contribution in [1.29, 1.82) is 0 Å². The third kappa shape index (κ3) is 4.13. The third-order valence-electron chi connectivity index (χ3n) is 2.23. The number of carbonyl (C=O) groups excluding carboxylic acids is 1. The topological polar surface area (TPSA) is 42.0 Å². The molecule has 1 heterocycles. The van der Waals surface area contributed by atoms with Gasteiger partial charge in [0.1, 0.15) is 0 Å². The number of amides is 1. The van der Waals surface area contributed by atoms with Gasteiger partial charge in [-0.25, -0.2) is 0 Å². The summed E-state index contributed by atoms with van der Waals surface area (Å²) in [6.45, 7) is 0. The number of hydrogen-bond donors (Lipinski definition) is 1. The Morgan fingerprint density at radius 1 is 1.16 bits per heavy atom. The first-order chi connectivity index (χ1) is 9.16. The predicted octanol–water partition coefficient (Wildman–Crippen LogP) is 4.12. The summed E-state index contributed by atoms with van der Waals surface area (Å²) in [5.41, 5.74) is 0.714. The molecule has 0 aliphatic heterocycles. The first kappa shape index (κ1) is 14.2. The average molecular weight is 313 g/mol. The normalized spacial score (nSPS) is 10.2. The number of nitrogens with zero attached hydrogens (tertiary/aromatic N) is 1. The maximum absolute atomic E-state index is 11.8. The van der Waals surface area contributed by atoms with Crippen LogP contribution in [0.2, 0.25) is 10.0 Å². The molecular formula is C13H10Cl2N2OS. The van der Waals surface area contributed by atoms with Crippen LogP contribution in [0.25, 0.3) is 0 Å². The smallest absolute Gasteiger partial charge is 0.234 e. The predicted molar refractivity (Wildman–Crippen MR) is 80.1 cm³/mol. The molecule has 19 heavy (non-hydrogen) atoms. The second-order valence-electron chi connectivity index (χ2n) is 3.62. The van der Waals surface area contributed by atoms with E-state index in [1.54, 1.807) is 42.7 Å². The number of aromatic nitrogens is 1. The summed E-state index contributed by atoms with van der Waals surface area (Å²) in [7, 11) is 0. The Morgan fingerprint density at radius 3 is 2.42 bits per heavy atom. The lowest BCUT2D eigenvalue weighted by atomic mass is 10.4. The summed E-state index contributed by atoms with van der Waals surface area (Å²) in [5.74, 6) is 0.123. The van der Waals surface area contributed by atoms with Crippen LogP contribution >= 0.6 is 35.0 Å². The highest BCUT2D eigenvalue weighted by Crippen LogP contribution is 2.33. The van der Waals surface area contributed by atoms with Gasteiger partial charge in [-0.2, -0.15) is 0 Å². The van der Waals surface area contributed by atoms with Gasteiger partial charge in [-0.3, -0.25) is 9.78 Å². The summed E-state index contributed by atoms with van der Waals surface area (Å²) in [4.78, 5) is 16.4. The van der Waals surface area contributed by atoms with Gasteiger partial charge in [-0.1, -0.05) is 29.3 Å². The summed E-state index contributed by atoms with van der Waals surface area (Å²) >= 11 is 13.4. The zero-order valence-electron chi connectivity index (χ0n) is 9.77. The number of rotatable bonds is 4. The van der Waals surface area contributed by atoms with Crippen molar-refractivity contribution in [3.63, 3.8) is 0 Å². The molecule has 0 bridgehead atoms. The van der Waals surface area contributed by atoms with E-state index in [1.165, 1.54) is 11.8 Å². The van der Waals surface area contributed by atoms with E-state index in [0.717, 1.165) is 4.90 Å². The van der Waals surface area contributed by atoms with Crippen LogP contribution in [-0.2, 0) is 4.79 Å². The van der Waals surface area contributed by atoms with Crippen molar-refractivity contribution >= 4 is 46.6 Å². The Labute approximate surface area is 125 Å². The highest BCUT2D eigenvalue weighted by Gasteiger charge is 2.09. The van der Waals surface area contributed by atoms with Gasteiger partial charge in [0.05, 0.1) is 15.8 Å². The molecule has 0 unspecified atom stereocenters. The van der Waals surface area contributed by atoms with Crippen molar-refractivity contribution in [3.8, 4) is 0 Å². The van der Waals surface area contributed by atoms with E-state index in [1.807, 2.05) is 0 Å². The number of halogens is 2. The molecule has 1 aromatic carbocycles. The summed E-state index contributed by atoms with van der Waals surface area (Å²) in [6, 6.07) is 8.72. The van der Waals surface area contributed by atoms with Crippen LogP contribution in [0.3, 0.4) is 0 Å². The lowest BCUT2D eigenvalue weighted by Crippen LogP contribution is -2.13. The molecule has 6 heteroatoms. The van der Waals surface area contributed by atoms with E-state index in [4.69, 9.17) is 23.2 Å². The lowest BCUT2D eigenvalue weighted by molar-refractivity contribution is -0.113. The SMILES string of the molecule is O=C(CSc1c(Cl)cccc1Cl)Nc1ccncc1. The fourth-order valence-electron chi connectivity index (χ4n) is 1.39. The summed E-state index contributed by atoms with van der Waals surface area (Å²) in [5, 5.41) is 3.87. The maximum Gasteiger partial charge on any atom is 0.234 e. The average Bonchev–Trinajstić information content (AvgIpc) is 2.39. The molecule has 0 saturated heterocycles. The number of thioether (sulfide) groups is 1. The van der Waals surface area contributed by atoms with E-state index in [2.05, 4.69) is 10.3 Å². The van der Waals surface area contributed by atoms with E-state index in [0.29, 0.717) is 15.7 Å². The molecule has 0 radical (unpaired) electrons. The molecule has 0 aliphatic carbocycles.